The van der Waals surface area contributed by atoms with Gasteiger partial charge in [-0.25, -0.2) is 9.59 Å². The van der Waals surface area contributed by atoms with E-state index in [1.54, 1.807) is 54.7 Å². The van der Waals surface area contributed by atoms with E-state index < -0.39 is 40.3 Å². The molecule has 0 heterocycles. The molecule has 0 fully saturated rings. The number of amides is 1. The first kappa shape index (κ1) is 23.4. The van der Waals surface area contributed by atoms with Crippen LogP contribution in [0.3, 0.4) is 0 Å². The van der Waals surface area contributed by atoms with Crippen LogP contribution in [0, 0.1) is 6.92 Å². The van der Waals surface area contributed by atoms with Gasteiger partial charge in [0.1, 0.15) is 6.61 Å². The minimum atomic E-state index is -5.30. The van der Waals surface area contributed by atoms with Crippen LogP contribution in [0.1, 0.15) is 11.1 Å². The second-order valence-corrected chi connectivity index (χ2v) is 7.84. The molecule has 2 aromatic carbocycles. The molecule has 162 valence electrons. The molecule has 0 unspecified atom stereocenters. The van der Waals surface area contributed by atoms with Gasteiger partial charge in [0.05, 0.1) is 23.7 Å². The van der Waals surface area contributed by atoms with Gasteiger partial charge in [-0.2, -0.15) is 13.2 Å². The van der Waals surface area contributed by atoms with Crippen molar-refractivity contribution in [1.29, 1.82) is 0 Å². The van der Waals surface area contributed by atoms with Crippen molar-refractivity contribution < 1.29 is 36.4 Å². The Morgan fingerprint density at radius 3 is 2.17 bits per heavy atom. The van der Waals surface area contributed by atoms with Gasteiger partial charge in [0.15, 0.2) is 0 Å². The number of alkyl halides is 3. The molecule has 6 nitrogen and oxygen atoms in total. The fourth-order valence-electron chi connectivity index (χ4n) is 2.49. The van der Waals surface area contributed by atoms with Gasteiger partial charge >= 0.3 is 18.2 Å². The summed E-state index contributed by atoms with van der Waals surface area (Å²) in [6, 6.07) is 14.2. The highest BCUT2D eigenvalue weighted by Crippen LogP contribution is 2.34. The van der Waals surface area contributed by atoms with Crippen molar-refractivity contribution in [1.82, 2.24) is 5.32 Å². The first-order chi connectivity index (χ1) is 14.1. The number of methoxy groups -OCH3 is 1. The van der Waals surface area contributed by atoms with Crippen LogP contribution in [-0.4, -0.2) is 40.8 Å². The highest BCUT2D eigenvalue weighted by molar-refractivity contribution is 7.85. The van der Waals surface area contributed by atoms with E-state index >= 15 is 0 Å². The molecule has 0 spiro atoms. The average Bonchev–Trinajstić information content (AvgIpc) is 2.71. The third-order valence-corrected chi connectivity index (χ3v) is 5.67. The number of nitrogens with one attached hydrogen (secondary N) is 1. The summed E-state index contributed by atoms with van der Waals surface area (Å²) < 4.78 is 63.6. The number of hydrogen-bond acceptors (Lipinski definition) is 5. The van der Waals surface area contributed by atoms with Gasteiger partial charge in [0.2, 0.25) is 5.54 Å². The summed E-state index contributed by atoms with van der Waals surface area (Å²) >= 11 is 0. The Morgan fingerprint density at radius 2 is 1.63 bits per heavy atom. The van der Waals surface area contributed by atoms with Crippen LogP contribution < -0.4 is 5.32 Å². The van der Waals surface area contributed by atoms with Gasteiger partial charge in [-0.1, -0.05) is 48.0 Å². The zero-order valence-corrected chi connectivity index (χ0v) is 17.0. The van der Waals surface area contributed by atoms with Gasteiger partial charge < -0.3 is 9.47 Å². The molecule has 0 radical (unpaired) electrons. The monoisotopic (exact) mass is 443 g/mol. The lowest BCUT2D eigenvalue weighted by molar-refractivity contribution is -0.205. The zero-order chi connectivity index (χ0) is 22.4. The number of benzene rings is 2. The maximum Gasteiger partial charge on any atom is 0.423 e. The molecular formula is C20H20F3NO5S. The number of hydrogen-bond donors (Lipinski definition) is 1. The molecule has 0 bridgehead atoms. The van der Waals surface area contributed by atoms with E-state index in [1.807, 2.05) is 0 Å². The molecule has 0 saturated heterocycles. The molecule has 0 aliphatic carbocycles. The number of carbonyl (C=O) groups is 2. The standard InChI is InChI=1S/C20H20F3NO5S/c1-14-8-10-16(11-9-14)30(27)13-19(17(25)28-2,20(21,22)23)24-18(26)29-12-15-6-4-3-5-7-15/h3-11H,12-13H2,1-2H3,(H,24,26)/t19-,30-/m1/s1. The smallest absolute Gasteiger partial charge is 0.423 e. The van der Waals surface area contributed by atoms with Crippen LogP contribution in [0.2, 0.25) is 0 Å². The molecule has 2 rings (SSSR count). The average molecular weight is 443 g/mol. The first-order valence-corrected chi connectivity index (χ1v) is 10.00. The Kier molecular flexibility index (Phi) is 7.60. The predicted octanol–water partition coefficient (Wildman–Crippen LogP) is 3.50. The summed E-state index contributed by atoms with van der Waals surface area (Å²) in [5.41, 5.74) is -2.20. The molecule has 0 aromatic heterocycles. The normalized spacial score (nSPS) is 14.3. The lowest BCUT2D eigenvalue weighted by Crippen LogP contribution is -2.67. The van der Waals surface area contributed by atoms with Crippen LogP contribution in [0.4, 0.5) is 18.0 Å². The number of ether oxygens (including phenoxy) is 2. The molecule has 10 heteroatoms. The number of aryl methyl sites for hydroxylation is 1. The number of carbonyl (C=O) groups excluding carboxylic acids is 2. The van der Waals surface area contributed by atoms with Crippen LogP contribution >= 0.6 is 0 Å². The van der Waals surface area contributed by atoms with E-state index in [2.05, 4.69) is 4.74 Å². The number of alkyl carbamates (subject to hydrolysis) is 1. The second kappa shape index (κ2) is 9.75. The van der Waals surface area contributed by atoms with E-state index in [1.165, 1.54) is 12.1 Å². The summed E-state index contributed by atoms with van der Waals surface area (Å²) in [5, 5.41) is 1.55. The van der Waals surface area contributed by atoms with E-state index in [9.17, 15) is 27.0 Å². The SMILES string of the molecule is COC(=O)[C@@](C[S@@](=O)c1ccc(C)cc1)(NC(=O)OCc1ccccc1)C(F)(F)F. The molecule has 0 aliphatic heterocycles. The number of esters is 1. The predicted molar refractivity (Wildman–Crippen MR) is 103 cm³/mol. The molecule has 2 aromatic rings. The van der Waals surface area contributed by atoms with Crippen molar-refractivity contribution in [2.24, 2.45) is 0 Å². The molecule has 2 atom stereocenters. The fourth-order valence-corrected chi connectivity index (χ4v) is 3.85. The molecular weight excluding hydrogens is 423 g/mol. The quantitative estimate of drug-likeness (QED) is 0.663. The van der Waals surface area contributed by atoms with Crippen LogP contribution in [-0.2, 0) is 31.7 Å². The molecule has 0 saturated carbocycles. The summed E-state index contributed by atoms with van der Waals surface area (Å²) in [5.74, 6) is -3.07. The summed E-state index contributed by atoms with van der Waals surface area (Å²) in [6.07, 6.45) is -6.80. The van der Waals surface area contributed by atoms with E-state index in [0.29, 0.717) is 5.56 Å². The number of rotatable bonds is 7. The van der Waals surface area contributed by atoms with Gasteiger partial charge in [-0.05, 0) is 24.6 Å². The zero-order valence-electron chi connectivity index (χ0n) is 16.2. The Balaban J connectivity index is 2.28. The lowest BCUT2D eigenvalue weighted by Gasteiger charge is -2.32. The number of halogens is 3. The minimum Gasteiger partial charge on any atom is -0.467 e. The van der Waals surface area contributed by atoms with Crippen molar-refractivity contribution >= 4 is 22.9 Å². The van der Waals surface area contributed by atoms with Gasteiger partial charge in [-0.15, -0.1) is 0 Å². The molecule has 0 aliphatic rings. The summed E-state index contributed by atoms with van der Waals surface area (Å²) in [6.45, 7) is 1.44. The highest BCUT2D eigenvalue weighted by atomic mass is 32.2. The van der Waals surface area contributed by atoms with Crippen molar-refractivity contribution in [3.05, 3.63) is 65.7 Å². The van der Waals surface area contributed by atoms with E-state index in [0.717, 1.165) is 12.7 Å². The molecule has 30 heavy (non-hydrogen) atoms. The maximum atomic E-state index is 14.0. The third kappa shape index (κ3) is 5.59. The Labute approximate surface area is 173 Å². The Morgan fingerprint density at radius 1 is 1.03 bits per heavy atom. The topological polar surface area (TPSA) is 81.7 Å². The Bertz CT molecular complexity index is 903. The van der Waals surface area contributed by atoms with Gasteiger partial charge in [-0.3, -0.25) is 9.53 Å². The van der Waals surface area contributed by atoms with Crippen LogP contribution in [0.5, 0.6) is 0 Å². The van der Waals surface area contributed by atoms with Crippen LogP contribution in [0.25, 0.3) is 0 Å². The molecule has 1 amide bonds. The van der Waals surface area contributed by atoms with Gasteiger partial charge in [0, 0.05) is 4.90 Å². The maximum absolute atomic E-state index is 14.0. The van der Waals surface area contributed by atoms with Crippen molar-refractivity contribution in [3.63, 3.8) is 0 Å². The third-order valence-electron chi connectivity index (χ3n) is 4.18. The highest BCUT2D eigenvalue weighted by Gasteiger charge is 2.64. The van der Waals surface area contributed by atoms with E-state index in [4.69, 9.17) is 4.74 Å². The largest absolute Gasteiger partial charge is 0.467 e. The lowest BCUT2D eigenvalue weighted by atomic mass is 10.0. The summed E-state index contributed by atoms with van der Waals surface area (Å²) in [4.78, 5) is 24.4. The van der Waals surface area contributed by atoms with Crippen LogP contribution in [0.15, 0.2) is 59.5 Å². The van der Waals surface area contributed by atoms with Crippen molar-refractivity contribution in [3.8, 4) is 0 Å². The second-order valence-electron chi connectivity index (χ2n) is 6.38. The van der Waals surface area contributed by atoms with E-state index in [-0.39, 0.29) is 11.5 Å². The van der Waals surface area contributed by atoms with Crippen molar-refractivity contribution in [2.75, 3.05) is 12.9 Å². The molecule has 1 N–H and O–H groups in total. The summed E-state index contributed by atoms with van der Waals surface area (Å²) in [7, 11) is -1.53. The fraction of sp³-hybridized carbons (Fsp3) is 0.300. The minimum absolute atomic E-state index is 0.0672. The Hall–Kier alpha value is -2.88. The first-order valence-electron chi connectivity index (χ1n) is 8.68. The van der Waals surface area contributed by atoms with Crippen molar-refractivity contribution in [2.45, 2.75) is 30.1 Å². The van der Waals surface area contributed by atoms with Gasteiger partial charge in [0.25, 0.3) is 0 Å².